The van der Waals surface area contributed by atoms with Crippen LogP contribution in [0.2, 0.25) is 0 Å². The van der Waals surface area contributed by atoms with Crippen LogP contribution in [0.5, 0.6) is 0 Å². The maximum atomic E-state index is 13.1. The molecule has 0 saturated carbocycles. The zero-order chi connectivity index (χ0) is 24.0. The van der Waals surface area contributed by atoms with Gasteiger partial charge in [-0.25, -0.2) is 8.42 Å². The summed E-state index contributed by atoms with van der Waals surface area (Å²) in [5.41, 5.74) is 2.57. The summed E-state index contributed by atoms with van der Waals surface area (Å²) in [5.74, 6) is -0.581. The Morgan fingerprint density at radius 3 is 2.64 bits per heavy atom. The van der Waals surface area contributed by atoms with Crippen molar-refractivity contribution in [3.05, 3.63) is 59.2 Å². The first kappa shape index (κ1) is 24.7. The number of carbonyl (C=O) groups excluding carboxylic acids is 2. The van der Waals surface area contributed by atoms with E-state index in [9.17, 15) is 18.0 Å². The van der Waals surface area contributed by atoms with Crippen molar-refractivity contribution in [1.29, 1.82) is 0 Å². The summed E-state index contributed by atoms with van der Waals surface area (Å²) in [7, 11) is -2.22. The summed E-state index contributed by atoms with van der Waals surface area (Å²) < 4.78 is 33.1. The molecule has 2 amide bonds. The number of nitrogens with zero attached hydrogens (tertiary/aromatic N) is 1. The number of anilines is 1. The zero-order valence-corrected chi connectivity index (χ0v) is 20.1. The van der Waals surface area contributed by atoms with Crippen LogP contribution in [-0.4, -0.2) is 58.5 Å². The van der Waals surface area contributed by atoms with Gasteiger partial charge in [0.25, 0.3) is 15.9 Å². The Bertz CT molecular complexity index is 1120. The van der Waals surface area contributed by atoms with Crippen molar-refractivity contribution in [2.75, 3.05) is 38.1 Å². The summed E-state index contributed by atoms with van der Waals surface area (Å²) in [5, 5.41) is 2.83. The summed E-state index contributed by atoms with van der Waals surface area (Å²) in [6, 6.07) is 11.4. The highest BCUT2D eigenvalue weighted by Crippen LogP contribution is 2.22. The molecule has 9 heteroatoms. The first-order valence-electron chi connectivity index (χ1n) is 11.0. The number of likely N-dealkylation sites (tertiary alicyclic amines) is 1. The summed E-state index contributed by atoms with van der Waals surface area (Å²) in [6.07, 6.45) is 1.45. The Kier molecular flexibility index (Phi) is 8.10. The van der Waals surface area contributed by atoms with Gasteiger partial charge in [-0.3, -0.25) is 14.3 Å². The molecule has 33 heavy (non-hydrogen) atoms. The van der Waals surface area contributed by atoms with E-state index >= 15 is 0 Å². The summed E-state index contributed by atoms with van der Waals surface area (Å²) >= 11 is 0. The van der Waals surface area contributed by atoms with E-state index in [1.165, 1.54) is 6.07 Å². The highest BCUT2D eigenvalue weighted by atomic mass is 32.2. The molecule has 1 fully saturated rings. The molecular weight excluding hydrogens is 442 g/mol. The fourth-order valence-corrected chi connectivity index (χ4v) is 4.92. The highest BCUT2D eigenvalue weighted by Gasteiger charge is 2.29. The third-order valence-corrected chi connectivity index (χ3v) is 7.21. The van der Waals surface area contributed by atoms with Crippen molar-refractivity contribution >= 4 is 27.5 Å². The van der Waals surface area contributed by atoms with Crippen molar-refractivity contribution in [2.24, 2.45) is 5.92 Å². The predicted octanol–water partition coefficient (Wildman–Crippen LogP) is 2.72. The number of aryl methyl sites for hydroxylation is 2. The van der Waals surface area contributed by atoms with Gasteiger partial charge < -0.3 is 15.0 Å². The Morgan fingerprint density at radius 1 is 1.12 bits per heavy atom. The van der Waals surface area contributed by atoms with Crippen molar-refractivity contribution in [2.45, 2.75) is 31.6 Å². The van der Waals surface area contributed by atoms with E-state index in [1.807, 2.05) is 13.8 Å². The van der Waals surface area contributed by atoms with Gasteiger partial charge in [-0.05, 0) is 68.1 Å². The molecule has 2 aromatic rings. The largest absolute Gasteiger partial charge is 0.383 e. The van der Waals surface area contributed by atoms with Crippen molar-refractivity contribution in [1.82, 2.24) is 10.2 Å². The number of amides is 2. The van der Waals surface area contributed by atoms with Crippen LogP contribution in [0.3, 0.4) is 0 Å². The molecule has 178 valence electrons. The van der Waals surface area contributed by atoms with Crippen molar-refractivity contribution in [3.63, 3.8) is 0 Å². The van der Waals surface area contributed by atoms with E-state index in [-0.39, 0.29) is 22.6 Å². The van der Waals surface area contributed by atoms with E-state index in [4.69, 9.17) is 4.74 Å². The number of sulfonamides is 1. The molecule has 0 bridgehead atoms. The van der Waals surface area contributed by atoms with Crippen molar-refractivity contribution < 1.29 is 22.7 Å². The van der Waals surface area contributed by atoms with Crippen LogP contribution in [0, 0.1) is 19.8 Å². The average Bonchev–Trinajstić information content (AvgIpc) is 2.80. The fraction of sp³-hybridized carbons (Fsp3) is 0.417. The molecule has 1 saturated heterocycles. The van der Waals surface area contributed by atoms with E-state index in [0.29, 0.717) is 37.5 Å². The minimum Gasteiger partial charge on any atom is -0.383 e. The summed E-state index contributed by atoms with van der Waals surface area (Å²) in [4.78, 5) is 27.3. The Morgan fingerprint density at radius 2 is 1.91 bits per heavy atom. The number of carbonyl (C=O) groups is 2. The molecule has 8 nitrogen and oxygen atoms in total. The first-order valence-corrected chi connectivity index (χ1v) is 12.5. The van der Waals surface area contributed by atoms with Crippen LogP contribution in [0.4, 0.5) is 5.69 Å². The smallest absolute Gasteiger partial charge is 0.261 e. The maximum Gasteiger partial charge on any atom is 0.261 e. The standard InChI is InChI=1S/C24H31N3O5S/c1-17-9-10-22(14-18(17)2)33(30,31)26-21-8-4-6-19(15-21)24(29)27-12-5-7-20(16-27)23(28)25-11-13-32-3/h4,6,8-10,14-15,20,26H,5,7,11-13,16H2,1-3H3,(H,25,28). The first-order chi connectivity index (χ1) is 15.7. The molecule has 0 spiro atoms. The van der Waals surface area contributed by atoms with Gasteiger partial charge in [-0.2, -0.15) is 0 Å². The van der Waals surface area contributed by atoms with Gasteiger partial charge in [0.1, 0.15) is 0 Å². The number of nitrogens with one attached hydrogen (secondary N) is 2. The lowest BCUT2D eigenvalue weighted by Crippen LogP contribution is -2.45. The number of hydrogen-bond donors (Lipinski definition) is 2. The fourth-order valence-electron chi connectivity index (χ4n) is 3.79. The molecule has 2 N–H and O–H groups in total. The van der Waals surface area contributed by atoms with Gasteiger partial charge in [0.05, 0.1) is 17.4 Å². The Labute approximate surface area is 195 Å². The minimum absolute atomic E-state index is 0.0838. The SMILES string of the molecule is COCCNC(=O)C1CCCN(C(=O)c2cccc(NS(=O)(=O)c3ccc(C)c(C)c3)c2)C1. The van der Waals surface area contributed by atoms with E-state index in [1.54, 1.807) is 48.4 Å². The number of rotatable bonds is 8. The number of hydrogen-bond acceptors (Lipinski definition) is 5. The van der Waals surface area contributed by atoms with Crippen LogP contribution in [0.15, 0.2) is 47.4 Å². The van der Waals surface area contributed by atoms with Gasteiger partial charge in [0.2, 0.25) is 5.91 Å². The molecule has 1 aliphatic rings. The third-order valence-electron chi connectivity index (χ3n) is 5.84. The van der Waals surface area contributed by atoms with Crippen LogP contribution < -0.4 is 10.0 Å². The van der Waals surface area contributed by atoms with Gasteiger partial charge in [-0.15, -0.1) is 0 Å². The summed E-state index contributed by atoms with van der Waals surface area (Å²) in [6.45, 7) is 5.53. The third kappa shape index (κ3) is 6.33. The van der Waals surface area contributed by atoms with Crippen LogP contribution in [-0.2, 0) is 19.6 Å². The van der Waals surface area contributed by atoms with E-state index in [2.05, 4.69) is 10.0 Å². The maximum absolute atomic E-state index is 13.1. The Balaban J connectivity index is 1.70. The van der Waals surface area contributed by atoms with Gasteiger partial charge in [0, 0.05) is 38.0 Å². The second-order valence-corrected chi connectivity index (χ2v) is 9.99. The quantitative estimate of drug-likeness (QED) is 0.574. The molecule has 3 rings (SSSR count). The molecule has 0 aliphatic carbocycles. The molecule has 2 aromatic carbocycles. The lowest BCUT2D eigenvalue weighted by Gasteiger charge is -2.32. The number of benzene rings is 2. The second kappa shape index (κ2) is 10.8. The number of ether oxygens (including phenoxy) is 1. The van der Waals surface area contributed by atoms with Gasteiger partial charge in [-0.1, -0.05) is 12.1 Å². The molecule has 1 heterocycles. The number of piperidine rings is 1. The van der Waals surface area contributed by atoms with Crippen LogP contribution in [0.1, 0.15) is 34.3 Å². The van der Waals surface area contributed by atoms with E-state index < -0.39 is 10.0 Å². The van der Waals surface area contributed by atoms with Crippen LogP contribution in [0.25, 0.3) is 0 Å². The predicted molar refractivity (Wildman–Crippen MR) is 127 cm³/mol. The molecule has 0 radical (unpaired) electrons. The van der Waals surface area contributed by atoms with Gasteiger partial charge in [0.15, 0.2) is 0 Å². The Hall–Kier alpha value is -2.91. The molecular formula is C24H31N3O5S. The molecule has 1 aliphatic heterocycles. The lowest BCUT2D eigenvalue weighted by molar-refractivity contribution is -0.126. The normalized spacial score (nSPS) is 16.3. The number of methoxy groups -OCH3 is 1. The van der Waals surface area contributed by atoms with Gasteiger partial charge >= 0.3 is 0 Å². The van der Waals surface area contributed by atoms with Crippen LogP contribution >= 0.6 is 0 Å². The highest BCUT2D eigenvalue weighted by molar-refractivity contribution is 7.92. The monoisotopic (exact) mass is 473 g/mol. The molecule has 1 atom stereocenters. The molecule has 0 aromatic heterocycles. The minimum atomic E-state index is -3.79. The lowest BCUT2D eigenvalue weighted by atomic mass is 9.96. The topological polar surface area (TPSA) is 105 Å². The molecule has 1 unspecified atom stereocenters. The second-order valence-electron chi connectivity index (χ2n) is 8.31. The average molecular weight is 474 g/mol. The van der Waals surface area contributed by atoms with Crippen molar-refractivity contribution in [3.8, 4) is 0 Å². The van der Waals surface area contributed by atoms with E-state index in [0.717, 1.165) is 24.0 Å². The zero-order valence-electron chi connectivity index (χ0n) is 19.3.